The second-order valence-electron chi connectivity index (χ2n) is 2.53. The van der Waals surface area contributed by atoms with Crippen molar-refractivity contribution in [3.63, 3.8) is 0 Å². The Balaban J connectivity index is 2.23. The average molecular weight is 179 g/mol. The van der Waals surface area contributed by atoms with Crippen molar-refractivity contribution in [1.29, 1.82) is 0 Å². The largest absolute Gasteiger partial charge is 0.334 e. The Kier molecular flexibility index (Phi) is 2.05. The van der Waals surface area contributed by atoms with Crippen LogP contribution in [0.5, 0.6) is 0 Å². The van der Waals surface area contributed by atoms with E-state index in [1.807, 2.05) is 7.05 Å². The Morgan fingerprint density at radius 2 is 2.54 bits per heavy atom. The van der Waals surface area contributed by atoms with Crippen LogP contribution in [0.3, 0.4) is 0 Å². The zero-order valence-electron chi connectivity index (χ0n) is 7.11. The Hall–Kier alpha value is -1.69. The summed E-state index contributed by atoms with van der Waals surface area (Å²) in [7, 11) is 1.83. The SMILES string of the molecule is CNCc1noc(-c2cn[nH]c2)n1. The fourth-order valence-corrected chi connectivity index (χ4v) is 0.969. The molecule has 0 saturated heterocycles. The molecule has 0 aliphatic heterocycles. The molecule has 0 aliphatic carbocycles. The summed E-state index contributed by atoms with van der Waals surface area (Å²) in [4.78, 5) is 4.14. The molecular formula is C7H9N5O. The van der Waals surface area contributed by atoms with E-state index >= 15 is 0 Å². The van der Waals surface area contributed by atoms with Crippen molar-refractivity contribution in [2.24, 2.45) is 0 Å². The summed E-state index contributed by atoms with van der Waals surface area (Å²) in [6, 6.07) is 0. The predicted molar refractivity (Wildman–Crippen MR) is 44.6 cm³/mol. The Bertz CT molecular complexity index is 366. The first-order valence-electron chi connectivity index (χ1n) is 3.86. The summed E-state index contributed by atoms with van der Waals surface area (Å²) < 4.78 is 5.00. The normalized spacial score (nSPS) is 10.5. The van der Waals surface area contributed by atoms with Crippen LogP contribution in [0.15, 0.2) is 16.9 Å². The summed E-state index contributed by atoms with van der Waals surface area (Å²) in [6.07, 6.45) is 3.34. The number of aromatic amines is 1. The lowest BCUT2D eigenvalue weighted by Gasteiger charge is -1.86. The summed E-state index contributed by atoms with van der Waals surface area (Å²) in [5, 5.41) is 13.2. The van der Waals surface area contributed by atoms with Gasteiger partial charge < -0.3 is 9.84 Å². The quantitative estimate of drug-likeness (QED) is 0.702. The van der Waals surface area contributed by atoms with E-state index in [0.717, 1.165) is 5.56 Å². The van der Waals surface area contributed by atoms with E-state index < -0.39 is 0 Å². The maximum atomic E-state index is 5.00. The number of hydrogen-bond donors (Lipinski definition) is 2. The smallest absolute Gasteiger partial charge is 0.261 e. The van der Waals surface area contributed by atoms with Crippen LogP contribution in [-0.4, -0.2) is 27.4 Å². The van der Waals surface area contributed by atoms with Crippen molar-refractivity contribution in [3.8, 4) is 11.5 Å². The summed E-state index contributed by atoms with van der Waals surface area (Å²) in [6.45, 7) is 0.599. The second kappa shape index (κ2) is 3.36. The highest BCUT2D eigenvalue weighted by molar-refractivity contribution is 5.48. The van der Waals surface area contributed by atoms with Crippen LogP contribution in [0.4, 0.5) is 0 Å². The van der Waals surface area contributed by atoms with Gasteiger partial charge in [-0.05, 0) is 7.05 Å². The molecule has 2 aromatic heterocycles. The van der Waals surface area contributed by atoms with Gasteiger partial charge in [-0.3, -0.25) is 5.10 Å². The number of rotatable bonds is 3. The van der Waals surface area contributed by atoms with Crippen molar-refractivity contribution in [2.75, 3.05) is 7.05 Å². The van der Waals surface area contributed by atoms with Crippen molar-refractivity contribution < 1.29 is 4.52 Å². The van der Waals surface area contributed by atoms with E-state index in [1.54, 1.807) is 12.4 Å². The molecule has 13 heavy (non-hydrogen) atoms. The molecule has 0 atom stereocenters. The number of aromatic nitrogens is 4. The van der Waals surface area contributed by atoms with Gasteiger partial charge in [-0.1, -0.05) is 5.16 Å². The molecule has 2 heterocycles. The van der Waals surface area contributed by atoms with Gasteiger partial charge in [-0.15, -0.1) is 0 Å². The van der Waals surface area contributed by atoms with E-state index in [9.17, 15) is 0 Å². The summed E-state index contributed by atoms with van der Waals surface area (Å²) in [5.41, 5.74) is 0.801. The van der Waals surface area contributed by atoms with E-state index in [-0.39, 0.29) is 0 Å². The zero-order valence-corrected chi connectivity index (χ0v) is 7.11. The number of hydrogen-bond acceptors (Lipinski definition) is 5. The van der Waals surface area contributed by atoms with Crippen LogP contribution in [-0.2, 0) is 6.54 Å². The molecule has 6 nitrogen and oxygen atoms in total. The molecular weight excluding hydrogens is 170 g/mol. The molecule has 2 N–H and O–H groups in total. The third-order valence-electron chi connectivity index (χ3n) is 1.55. The third kappa shape index (κ3) is 1.57. The number of nitrogens with one attached hydrogen (secondary N) is 2. The van der Waals surface area contributed by atoms with E-state index in [0.29, 0.717) is 18.3 Å². The number of H-pyrrole nitrogens is 1. The lowest BCUT2D eigenvalue weighted by atomic mass is 10.4. The van der Waals surface area contributed by atoms with Crippen LogP contribution < -0.4 is 5.32 Å². The molecule has 0 bridgehead atoms. The molecule has 0 saturated carbocycles. The van der Waals surface area contributed by atoms with Gasteiger partial charge in [-0.25, -0.2) is 0 Å². The van der Waals surface area contributed by atoms with Gasteiger partial charge in [-0.2, -0.15) is 10.1 Å². The zero-order chi connectivity index (χ0) is 9.10. The van der Waals surface area contributed by atoms with Crippen molar-refractivity contribution in [1.82, 2.24) is 25.7 Å². The maximum Gasteiger partial charge on any atom is 0.261 e. The first-order valence-corrected chi connectivity index (χ1v) is 3.86. The monoisotopic (exact) mass is 179 g/mol. The highest BCUT2D eigenvalue weighted by atomic mass is 16.5. The van der Waals surface area contributed by atoms with Crippen LogP contribution in [0.25, 0.3) is 11.5 Å². The van der Waals surface area contributed by atoms with E-state index in [2.05, 4.69) is 25.7 Å². The van der Waals surface area contributed by atoms with Gasteiger partial charge in [0.05, 0.1) is 18.3 Å². The van der Waals surface area contributed by atoms with Gasteiger partial charge in [0.15, 0.2) is 5.82 Å². The van der Waals surface area contributed by atoms with Gasteiger partial charge in [0.1, 0.15) is 0 Å². The first kappa shape index (κ1) is 7.93. The summed E-state index contributed by atoms with van der Waals surface area (Å²) in [5.74, 6) is 1.12. The van der Waals surface area contributed by atoms with Crippen molar-refractivity contribution in [3.05, 3.63) is 18.2 Å². The maximum absolute atomic E-state index is 5.00. The highest BCUT2D eigenvalue weighted by Crippen LogP contribution is 2.13. The predicted octanol–water partition coefficient (Wildman–Crippen LogP) is 0.179. The van der Waals surface area contributed by atoms with Gasteiger partial charge in [0.25, 0.3) is 5.89 Å². The minimum Gasteiger partial charge on any atom is -0.334 e. The Morgan fingerprint density at radius 3 is 3.23 bits per heavy atom. The minimum absolute atomic E-state index is 0.485. The molecule has 0 radical (unpaired) electrons. The van der Waals surface area contributed by atoms with Gasteiger partial charge in [0, 0.05) is 6.20 Å². The molecule has 0 amide bonds. The molecule has 2 rings (SSSR count). The number of nitrogens with zero attached hydrogens (tertiary/aromatic N) is 3. The fraction of sp³-hybridized carbons (Fsp3) is 0.286. The fourth-order valence-electron chi connectivity index (χ4n) is 0.969. The Labute approximate surface area is 74.4 Å². The standard InChI is InChI=1S/C7H9N5O/c1-8-4-6-11-7(13-12-6)5-2-9-10-3-5/h2-3,8H,4H2,1H3,(H,9,10). The molecule has 0 fully saturated rings. The molecule has 68 valence electrons. The molecule has 6 heteroatoms. The van der Waals surface area contributed by atoms with Crippen LogP contribution in [0, 0.1) is 0 Å². The van der Waals surface area contributed by atoms with Crippen LogP contribution in [0.1, 0.15) is 5.82 Å². The molecule has 0 unspecified atom stereocenters. The third-order valence-corrected chi connectivity index (χ3v) is 1.55. The van der Waals surface area contributed by atoms with Crippen molar-refractivity contribution >= 4 is 0 Å². The second-order valence-corrected chi connectivity index (χ2v) is 2.53. The molecule has 0 aromatic carbocycles. The summed E-state index contributed by atoms with van der Waals surface area (Å²) >= 11 is 0. The lowest BCUT2D eigenvalue weighted by Crippen LogP contribution is -2.06. The lowest BCUT2D eigenvalue weighted by molar-refractivity contribution is 0.420. The van der Waals surface area contributed by atoms with Crippen molar-refractivity contribution in [2.45, 2.75) is 6.54 Å². The highest BCUT2D eigenvalue weighted by Gasteiger charge is 2.07. The molecule has 0 aliphatic rings. The molecule has 0 spiro atoms. The van der Waals surface area contributed by atoms with Crippen LogP contribution in [0.2, 0.25) is 0 Å². The molecule has 2 aromatic rings. The average Bonchev–Trinajstić information content (AvgIpc) is 2.70. The minimum atomic E-state index is 0.485. The van der Waals surface area contributed by atoms with Gasteiger partial charge in [0.2, 0.25) is 0 Å². The van der Waals surface area contributed by atoms with E-state index in [1.165, 1.54) is 0 Å². The first-order chi connectivity index (χ1) is 6.40. The van der Waals surface area contributed by atoms with Gasteiger partial charge >= 0.3 is 0 Å². The Morgan fingerprint density at radius 1 is 1.62 bits per heavy atom. The topological polar surface area (TPSA) is 79.6 Å². The van der Waals surface area contributed by atoms with E-state index in [4.69, 9.17) is 4.52 Å². The van der Waals surface area contributed by atoms with Crippen LogP contribution >= 0.6 is 0 Å².